The number of nitrogen functional groups attached to an aromatic ring is 1. The van der Waals surface area contributed by atoms with E-state index in [-0.39, 0.29) is 5.91 Å². The summed E-state index contributed by atoms with van der Waals surface area (Å²) in [5.74, 6) is 2.02. The highest BCUT2D eigenvalue weighted by molar-refractivity contribution is 5.97. The van der Waals surface area contributed by atoms with Crippen molar-refractivity contribution in [1.29, 1.82) is 0 Å². The minimum absolute atomic E-state index is 0.0650. The van der Waals surface area contributed by atoms with Crippen LogP contribution in [0.15, 0.2) is 73.1 Å². The van der Waals surface area contributed by atoms with Gasteiger partial charge in [0.15, 0.2) is 5.65 Å². The molecule has 4 aromatic rings. The lowest BCUT2D eigenvalue weighted by atomic mass is 9.95. The van der Waals surface area contributed by atoms with Gasteiger partial charge in [0, 0.05) is 37.3 Å². The Labute approximate surface area is 240 Å². The van der Waals surface area contributed by atoms with Gasteiger partial charge in [0.05, 0.1) is 24.3 Å². The number of fused-ring (bicyclic) bond motifs is 1. The monoisotopic (exact) mass is 555 g/mol. The van der Waals surface area contributed by atoms with Crippen molar-refractivity contribution in [2.45, 2.75) is 38.1 Å². The van der Waals surface area contributed by atoms with Gasteiger partial charge in [0.1, 0.15) is 23.6 Å². The Kier molecular flexibility index (Phi) is 9.91. The Morgan fingerprint density at radius 3 is 2.51 bits per heavy atom. The fraction of sp³-hybridized carbons (Fsp3) is 0.355. The Morgan fingerprint density at radius 1 is 1.02 bits per heavy atom. The van der Waals surface area contributed by atoms with Gasteiger partial charge in [-0.3, -0.25) is 14.8 Å². The van der Waals surface area contributed by atoms with Crippen molar-refractivity contribution in [3.05, 3.63) is 73.1 Å². The predicted molar refractivity (Wildman–Crippen MR) is 159 cm³/mol. The lowest BCUT2D eigenvalue weighted by molar-refractivity contribution is -0.117. The van der Waals surface area contributed by atoms with Crippen LogP contribution in [-0.2, 0) is 9.53 Å². The number of morpholine rings is 1. The zero-order chi connectivity index (χ0) is 28.3. The smallest absolute Gasteiger partial charge is 0.243 e. The van der Waals surface area contributed by atoms with Crippen LogP contribution in [0.5, 0.6) is 11.5 Å². The molecule has 10 nitrogen and oxygen atoms in total. The molecule has 1 saturated heterocycles. The first-order valence-electron chi connectivity index (χ1n) is 14.2. The Balaban J connectivity index is 0.000000170. The summed E-state index contributed by atoms with van der Waals surface area (Å²) in [6, 6.07) is 17.7. The van der Waals surface area contributed by atoms with E-state index in [4.69, 9.17) is 15.2 Å². The van der Waals surface area contributed by atoms with Crippen LogP contribution < -0.4 is 15.8 Å². The highest BCUT2D eigenvalue weighted by atomic mass is 16.5. The number of nitrogens with zero attached hydrogens (tertiary/aromatic N) is 4. The number of hydrogen-bond acceptors (Lipinski definition) is 8. The summed E-state index contributed by atoms with van der Waals surface area (Å²) in [5.41, 5.74) is 8.22. The van der Waals surface area contributed by atoms with Crippen LogP contribution in [0.4, 0.5) is 5.82 Å². The van der Waals surface area contributed by atoms with Crippen LogP contribution in [0.2, 0.25) is 0 Å². The molecule has 214 valence electrons. The Bertz CT molecular complexity index is 1410. The van der Waals surface area contributed by atoms with E-state index >= 15 is 0 Å². The molecule has 41 heavy (non-hydrogen) atoms. The summed E-state index contributed by atoms with van der Waals surface area (Å²) in [7, 11) is 0. The van der Waals surface area contributed by atoms with Crippen molar-refractivity contribution in [3.63, 3.8) is 0 Å². The molecule has 1 aliphatic heterocycles. The topological polar surface area (TPSA) is 131 Å². The van der Waals surface area contributed by atoms with Crippen LogP contribution in [0.3, 0.4) is 0 Å². The van der Waals surface area contributed by atoms with Crippen LogP contribution in [0, 0.1) is 0 Å². The number of carbonyl (C=O) groups is 1. The second kappa shape index (κ2) is 14.4. The average Bonchev–Trinajstić information content (AvgIpc) is 3.45. The molecule has 6 rings (SSSR count). The third-order valence-corrected chi connectivity index (χ3v) is 7.19. The second-order valence-corrected chi connectivity index (χ2v) is 10.2. The SMILES string of the molecule is Nc1ncnc2n[nH]c(-c3ccc(Oc4ccccc4)cc3)c12.O=C(/C=C/CN1CCOCC1)NC1CCCCC1. The van der Waals surface area contributed by atoms with Gasteiger partial charge in [-0.2, -0.15) is 5.10 Å². The zero-order valence-electron chi connectivity index (χ0n) is 23.2. The van der Waals surface area contributed by atoms with Crippen molar-refractivity contribution in [2.75, 3.05) is 38.6 Å². The maximum Gasteiger partial charge on any atom is 0.243 e. The van der Waals surface area contributed by atoms with Crippen molar-refractivity contribution in [3.8, 4) is 22.8 Å². The zero-order valence-corrected chi connectivity index (χ0v) is 23.2. The van der Waals surface area contributed by atoms with Crippen LogP contribution in [-0.4, -0.2) is 69.9 Å². The van der Waals surface area contributed by atoms with E-state index < -0.39 is 0 Å². The molecule has 3 heterocycles. The molecule has 0 unspecified atom stereocenters. The van der Waals surface area contributed by atoms with Gasteiger partial charge in [-0.1, -0.05) is 43.5 Å². The van der Waals surface area contributed by atoms with Crippen LogP contribution in [0.25, 0.3) is 22.3 Å². The molecule has 1 saturated carbocycles. The Morgan fingerprint density at radius 2 is 1.76 bits per heavy atom. The molecule has 0 radical (unpaired) electrons. The second-order valence-electron chi connectivity index (χ2n) is 10.2. The van der Waals surface area contributed by atoms with Gasteiger partial charge in [-0.25, -0.2) is 9.97 Å². The molecule has 10 heteroatoms. The number of H-pyrrole nitrogens is 1. The number of rotatable bonds is 7. The number of nitrogens with two attached hydrogens (primary N) is 1. The molecule has 0 bridgehead atoms. The molecule has 2 aromatic heterocycles. The number of para-hydroxylation sites is 1. The molecule has 4 N–H and O–H groups in total. The summed E-state index contributed by atoms with van der Waals surface area (Å²) < 4.78 is 11.1. The fourth-order valence-electron chi connectivity index (χ4n) is 4.99. The molecule has 1 amide bonds. The van der Waals surface area contributed by atoms with Gasteiger partial charge in [0.25, 0.3) is 0 Å². The fourth-order valence-corrected chi connectivity index (χ4v) is 4.99. The Hall–Kier alpha value is -4.28. The maximum absolute atomic E-state index is 11.7. The van der Waals surface area contributed by atoms with Crippen LogP contribution in [0.1, 0.15) is 32.1 Å². The summed E-state index contributed by atoms with van der Waals surface area (Å²) in [6.45, 7) is 4.40. The minimum Gasteiger partial charge on any atom is -0.457 e. The largest absolute Gasteiger partial charge is 0.457 e. The molecule has 2 aliphatic rings. The molecular weight excluding hydrogens is 518 g/mol. The van der Waals surface area contributed by atoms with Gasteiger partial charge in [-0.05, 0) is 49.2 Å². The molecule has 1 aliphatic carbocycles. The first-order chi connectivity index (χ1) is 20.2. The predicted octanol–water partition coefficient (Wildman–Crippen LogP) is 4.72. The highest BCUT2D eigenvalue weighted by Gasteiger charge is 2.15. The average molecular weight is 556 g/mol. The van der Waals surface area contributed by atoms with E-state index in [0.29, 0.717) is 17.5 Å². The minimum atomic E-state index is 0.0650. The van der Waals surface area contributed by atoms with Crippen molar-refractivity contribution in [2.24, 2.45) is 0 Å². The normalized spacial score (nSPS) is 16.3. The summed E-state index contributed by atoms with van der Waals surface area (Å²) in [6.07, 6.45) is 11.2. The van der Waals surface area contributed by atoms with Crippen LogP contribution >= 0.6 is 0 Å². The van der Waals surface area contributed by atoms with E-state index in [1.165, 1.54) is 25.6 Å². The van der Waals surface area contributed by atoms with Gasteiger partial charge >= 0.3 is 0 Å². The lowest BCUT2D eigenvalue weighted by Gasteiger charge is -2.25. The number of hydrogen-bond donors (Lipinski definition) is 3. The number of carbonyl (C=O) groups excluding carboxylic acids is 1. The number of anilines is 1. The number of ether oxygens (including phenoxy) is 2. The van der Waals surface area contributed by atoms with E-state index in [2.05, 4.69) is 30.4 Å². The third-order valence-electron chi connectivity index (χ3n) is 7.19. The molecule has 2 aromatic carbocycles. The molecule has 0 atom stereocenters. The number of benzene rings is 2. The van der Waals surface area contributed by atoms with E-state index in [1.807, 2.05) is 60.7 Å². The molecule has 2 fully saturated rings. The number of aromatic nitrogens is 4. The van der Waals surface area contributed by atoms with Gasteiger partial charge in [0.2, 0.25) is 5.91 Å². The quantitative estimate of drug-likeness (QED) is 0.279. The van der Waals surface area contributed by atoms with Gasteiger partial charge in [-0.15, -0.1) is 0 Å². The van der Waals surface area contributed by atoms with Crippen molar-refractivity contribution in [1.82, 2.24) is 30.4 Å². The standard InChI is InChI=1S/C17H13N5O.C14H24N2O2/c18-16-14-15(21-22-17(14)20-10-19-16)11-6-8-13(9-7-11)23-12-4-2-1-3-5-12;17-14(15-13-5-2-1-3-6-13)7-4-8-16-9-11-18-12-10-16/h1-10H,(H3,18,19,20,21,22);4,7,13H,1-3,5-6,8-12H2,(H,15,17)/b;7-4+. The van der Waals surface area contributed by atoms with Crippen molar-refractivity contribution >= 4 is 22.8 Å². The lowest BCUT2D eigenvalue weighted by Crippen LogP contribution is -2.37. The van der Waals surface area contributed by atoms with E-state index in [0.717, 1.165) is 73.8 Å². The third kappa shape index (κ3) is 8.12. The molecular formula is C31H37N7O3. The number of aromatic amines is 1. The molecule has 0 spiro atoms. The number of nitrogens with one attached hydrogen (secondary N) is 2. The van der Waals surface area contributed by atoms with E-state index in [9.17, 15) is 4.79 Å². The maximum atomic E-state index is 11.7. The first kappa shape index (κ1) is 28.3. The summed E-state index contributed by atoms with van der Waals surface area (Å²) in [4.78, 5) is 22.1. The van der Waals surface area contributed by atoms with Crippen molar-refractivity contribution < 1.29 is 14.3 Å². The first-order valence-corrected chi connectivity index (χ1v) is 14.2. The highest BCUT2D eigenvalue weighted by Crippen LogP contribution is 2.30. The summed E-state index contributed by atoms with van der Waals surface area (Å²) >= 11 is 0. The van der Waals surface area contributed by atoms with E-state index in [1.54, 1.807) is 6.08 Å². The van der Waals surface area contributed by atoms with Gasteiger partial charge < -0.3 is 20.5 Å². The number of amides is 1. The summed E-state index contributed by atoms with van der Waals surface area (Å²) in [5, 5.41) is 10.9.